The highest BCUT2D eigenvalue weighted by Crippen LogP contribution is 2.20. The van der Waals surface area contributed by atoms with Gasteiger partial charge in [-0.25, -0.2) is 4.79 Å². The smallest absolute Gasteiger partial charge is 0.337 e. The molecule has 0 aliphatic carbocycles. The Hall–Kier alpha value is -3.86. The molecule has 10 nitrogen and oxygen atoms in total. The molecule has 2 aromatic carbocycles. The number of aromatic nitrogens is 3. The number of anilines is 1. The van der Waals surface area contributed by atoms with Gasteiger partial charge in [0.2, 0.25) is 11.8 Å². The molecule has 0 aliphatic rings. The summed E-state index contributed by atoms with van der Waals surface area (Å²) < 4.78 is 11.6. The summed E-state index contributed by atoms with van der Waals surface area (Å²) in [6, 6.07) is 13.4. The van der Waals surface area contributed by atoms with E-state index in [4.69, 9.17) is 9.47 Å². The summed E-state index contributed by atoms with van der Waals surface area (Å²) in [4.78, 5) is 36.5. The van der Waals surface area contributed by atoms with Gasteiger partial charge in [-0.05, 0) is 42.8 Å². The third kappa shape index (κ3) is 7.06. The standard InChI is InChI=1S/C24H27N5O5S/c1-15(25-20(30)12-16-8-10-19(33-3)11-9-16)22-27-28-24(29(22)2)35-14-21(31)26-18-7-5-6-17(13-18)23(32)34-4/h5-11,13,15H,12,14H2,1-4H3,(H,25,30)(H,26,31)/t15-/m1/s1. The predicted molar refractivity (Wildman–Crippen MR) is 131 cm³/mol. The zero-order chi connectivity index (χ0) is 25.4. The van der Waals surface area contributed by atoms with Gasteiger partial charge < -0.3 is 24.7 Å². The minimum Gasteiger partial charge on any atom is -0.497 e. The van der Waals surface area contributed by atoms with Gasteiger partial charge >= 0.3 is 5.97 Å². The van der Waals surface area contributed by atoms with Crippen molar-refractivity contribution in [2.24, 2.45) is 7.05 Å². The van der Waals surface area contributed by atoms with Crippen molar-refractivity contribution in [2.75, 3.05) is 25.3 Å². The summed E-state index contributed by atoms with van der Waals surface area (Å²) in [5.41, 5.74) is 1.71. The van der Waals surface area contributed by atoms with Gasteiger partial charge in [0, 0.05) is 12.7 Å². The molecule has 35 heavy (non-hydrogen) atoms. The summed E-state index contributed by atoms with van der Waals surface area (Å²) in [6.45, 7) is 1.82. The van der Waals surface area contributed by atoms with E-state index in [9.17, 15) is 14.4 Å². The number of ether oxygens (including phenoxy) is 2. The van der Waals surface area contributed by atoms with Gasteiger partial charge in [-0.3, -0.25) is 9.59 Å². The van der Waals surface area contributed by atoms with Crippen LogP contribution in [0.25, 0.3) is 0 Å². The molecule has 0 aliphatic heterocycles. The van der Waals surface area contributed by atoms with Crippen LogP contribution in [0.2, 0.25) is 0 Å². The number of rotatable bonds is 10. The second-order valence-electron chi connectivity index (χ2n) is 7.62. The quantitative estimate of drug-likeness (QED) is 0.324. The molecule has 3 rings (SSSR count). The third-order valence-corrected chi connectivity index (χ3v) is 6.08. The Morgan fingerprint density at radius 3 is 2.49 bits per heavy atom. The lowest BCUT2D eigenvalue weighted by Gasteiger charge is -2.14. The largest absolute Gasteiger partial charge is 0.497 e. The summed E-state index contributed by atoms with van der Waals surface area (Å²) in [7, 11) is 4.67. The van der Waals surface area contributed by atoms with Crippen LogP contribution >= 0.6 is 11.8 Å². The number of carbonyl (C=O) groups excluding carboxylic acids is 3. The Labute approximate surface area is 207 Å². The van der Waals surface area contributed by atoms with Crippen LogP contribution < -0.4 is 15.4 Å². The van der Waals surface area contributed by atoms with Gasteiger partial charge in [-0.15, -0.1) is 10.2 Å². The Bertz CT molecular complexity index is 1200. The van der Waals surface area contributed by atoms with Crippen molar-refractivity contribution in [1.29, 1.82) is 0 Å². The molecular weight excluding hydrogens is 470 g/mol. The third-order valence-electron chi connectivity index (χ3n) is 5.06. The highest BCUT2D eigenvalue weighted by atomic mass is 32.2. The molecule has 1 heterocycles. The van der Waals surface area contributed by atoms with Crippen LogP contribution in [-0.2, 0) is 27.8 Å². The van der Waals surface area contributed by atoms with E-state index in [2.05, 4.69) is 20.8 Å². The molecule has 3 aromatic rings. The topological polar surface area (TPSA) is 124 Å². The number of carbonyl (C=O) groups is 3. The van der Waals surface area contributed by atoms with Crippen molar-refractivity contribution in [2.45, 2.75) is 24.5 Å². The second-order valence-corrected chi connectivity index (χ2v) is 8.57. The lowest BCUT2D eigenvalue weighted by molar-refractivity contribution is -0.121. The highest BCUT2D eigenvalue weighted by molar-refractivity contribution is 7.99. The first-order valence-corrected chi connectivity index (χ1v) is 11.7. The first-order chi connectivity index (χ1) is 16.8. The van der Waals surface area contributed by atoms with Gasteiger partial charge in [0.15, 0.2) is 11.0 Å². The van der Waals surface area contributed by atoms with Crippen molar-refractivity contribution >= 4 is 35.2 Å². The van der Waals surface area contributed by atoms with Crippen LogP contribution in [0.3, 0.4) is 0 Å². The maximum absolute atomic E-state index is 12.5. The fourth-order valence-corrected chi connectivity index (χ4v) is 4.00. The normalized spacial score (nSPS) is 11.4. The first kappa shape index (κ1) is 25.8. The maximum atomic E-state index is 12.5. The molecule has 184 valence electrons. The Morgan fingerprint density at radius 1 is 1.06 bits per heavy atom. The van der Waals surface area contributed by atoms with Crippen molar-refractivity contribution < 1.29 is 23.9 Å². The second kappa shape index (κ2) is 12.0. The van der Waals surface area contributed by atoms with E-state index in [-0.39, 0.29) is 30.0 Å². The van der Waals surface area contributed by atoms with Crippen LogP contribution in [0, 0.1) is 0 Å². The molecule has 11 heteroatoms. The number of methoxy groups -OCH3 is 2. The SMILES string of the molecule is COC(=O)c1cccc(NC(=O)CSc2nnc([C@@H](C)NC(=O)Cc3ccc(OC)cc3)n2C)c1. The van der Waals surface area contributed by atoms with E-state index in [0.29, 0.717) is 22.2 Å². The minimum atomic E-state index is -0.479. The van der Waals surface area contributed by atoms with Gasteiger partial charge in [0.25, 0.3) is 0 Å². The van der Waals surface area contributed by atoms with Gasteiger partial charge in [-0.2, -0.15) is 0 Å². The fraction of sp³-hybridized carbons (Fsp3) is 0.292. The summed E-state index contributed by atoms with van der Waals surface area (Å²) >= 11 is 1.21. The number of esters is 1. The summed E-state index contributed by atoms with van der Waals surface area (Å²) in [6.07, 6.45) is 0.227. The average molecular weight is 498 g/mol. The number of benzene rings is 2. The number of hydrogen-bond donors (Lipinski definition) is 2. The van der Waals surface area contributed by atoms with Crippen LogP contribution in [0.15, 0.2) is 53.7 Å². The molecule has 0 radical (unpaired) electrons. The Balaban J connectivity index is 1.52. The molecule has 0 saturated heterocycles. The van der Waals surface area contributed by atoms with Crippen molar-refractivity contribution in [1.82, 2.24) is 20.1 Å². The molecule has 2 amide bonds. The number of nitrogens with zero attached hydrogens (tertiary/aromatic N) is 3. The molecular formula is C24H27N5O5S. The van der Waals surface area contributed by atoms with E-state index in [0.717, 1.165) is 11.3 Å². The molecule has 2 N–H and O–H groups in total. The molecule has 1 atom stereocenters. The highest BCUT2D eigenvalue weighted by Gasteiger charge is 2.19. The van der Waals surface area contributed by atoms with E-state index in [1.54, 1.807) is 43.0 Å². The number of hydrogen-bond acceptors (Lipinski definition) is 8. The number of thioether (sulfide) groups is 1. The lowest BCUT2D eigenvalue weighted by atomic mass is 10.1. The zero-order valence-corrected chi connectivity index (χ0v) is 20.7. The van der Waals surface area contributed by atoms with Crippen LogP contribution in [0.4, 0.5) is 5.69 Å². The van der Waals surface area contributed by atoms with Crippen LogP contribution in [0.5, 0.6) is 5.75 Å². The molecule has 0 fully saturated rings. The van der Waals surface area contributed by atoms with Crippen LogP contribution in [-0.4, -0.2) is 52.5 Å². The average Bonchev–Trinajstić information content (AvgIpc) is 3.23. The van der Waals surface area contributed by atoms with E-state index < -0.39 is 5.97 Å². The fourth-order valence-electron chi connectivity index (χ4n) is 3.28. The van der Waals surface area contributed by atoms with Crippen molar-refractivity contribution in [3.05, 3.63) is 65.5 Å². The molecule has 0 spiro atoms. The molecule has 0 unspecified atom stereocenters. The Morgan fingerprint density at radius 2 is 1.80 bits per heavy atom. The van der Waals surface area contributed by atoms with Crippen molar-refractivity contribution in [3.63, 3.8) is 0 Å². The van der Waals surface area contributed by atoms with Crippen LogP contribution in [0.1, 0.15) is 34.7 Å². The number of amides is 2. The first-order valence-electron chi connectivity index (χ1n) is 10.7. The van der Waals surface area contributed by atoms with Gasteiger partial charge in [0.05, 0.1) is 38.0 Å². The monoisotopic (exact) mass is 497 g/mol. The molecule has 0 bridgehead atoms. The number of nitrogens with one attached hydrogen (secondary N) is 2. The zero-order valence-electron chi connectivity index (χ0n) is 19.9. The maximum Gasteiger partial charge on any atom is 0.337 e. The Kier molecular flexibility index (Phi) is 8.85. The van der Waals surface area contributed by atoms with Gasteiger partial charge in [0.1, 0.15) is 5.75 Å². The van der Waals surface area contributed by atoms with E-state index in [1.165, 1.54) is 18.9 Å². The molecule has 1 aromatic heterocycles. The lowest BCUT2D eigenvalue weighted by Crippen LogP contribution is -2.29. The van der Waals surface area contributed by atoms with Crippen molar-refractivity contribution in [3.8, 4) is 5.75 Å². The van der Waals surface area contributed by atoms with E-state index in [1.807, 2.05) is 31.2 Å². The van der Waals surface area contributed by atoms with E-state index >= 15 is 0 Å². The van der Waals surface area contributed by atoms with Gasteiger partial charge in [-0.1, -0.05) is 30.0 Å². The summed E-state index contributed by atoms with van der Waals surface area (Å²) in [5, 5.41) is 14.5. The summed E-state index contributed by atoms with van der Waals surface area (Å²) in [5.74, 6) is 0.507. The predicted octanol–water partition coefficient (Wildman–Crippen LogP) is 2.76. The molecule has 0 saturated carbocycles. The minimum absolute atomic E-state index is 0.0899.